The molecule has 0 spiro atoms. The van der Waals surface area contributed by atoms with Gasteiger partial charge < -0.3 is 10.8 Å². The Labute approximate surface area is 117 Å². The Hall–Kier alpha value is -1.47. The van der Waals surface area contributed by atoms with Crippen LogP contribution in [0.5, 0.6) is 0 Å². The smallest absolute Gasteiger partial charge is 0.143 e. The van der Waals surface area contributed by atoms with Crippen molar-refractivity contribution in [3.05, 3.63) is 45.6 Å². The maximum Gasteiger partial charge on any atom is 0.143 e. The molecule has 7 heteroatoms. The maximum atomic E-state index is 13.8. The van der Waals surface area contributed by atoms with Gasteiger partial charge in [-0.05, 0) is 28.1 Å². The molecular formula is C12H12BrF2N3O. The summed E-state index contributed by atoms with van der Waals surface area (Å²) in [4.78, 5) is 0. The SMILES string of the molecule is Cn1ncc(C(O)Cc2c(F)ccc(Br)c2F)c1N. The lowest BCUT2D eigenvalue weighted by atomic mass is 10.0. The molecule has 0 fully saturated rings. The van der Waals surface area contributed by atoms with Crippen LogP contribution in [-0.4, -0.2) is 14.9 Å². The maximum absolute atomic E-state index is 13.8. The molecule has 0 aliphatic carbocycles. The number of halogens is 3. The third kappa shape index (κ3) is 2.62. The van der Waals surface area contributed by atoms with E-state index in [4.69, 9.17) is 5.73 Å². The summed E-state index contributed by atoms with van der Waals surface area (Å²) in [6, 6.07) is 2.42. The molecule has 2 aromatic rings. The van der Waals surface area contributed by atoms with Crippen LogP contribution in [0.15, 0.2) is 22.8 Å². The van der Waals surface area contributed by atoms with Gasteiger partial charge in [0.2, 0.25) is 0 Å². The lowest BCUT2D eigenvalue weighted by molar-refractivity contribution is 0.176. The van der Waals surface area contributed by atoms with Crippen molar-refractivity contribution >= 4 is 21.7 Å². The van der Waals surface area contributed by atoms with Crippen LogP contribution in [-0.2, 0) is 13.5 Å². The fourth-order valence-electron chi connectivity index (χ4n) is 1.78. The van der Waals surface area contributed by atoms with Crippen LogP contribution < -0.4 is 5.73 Å². The number of anilines is 1. The number of aromatic nitrogens is 2. The number of rotatable bonds is 3. The lowest BCUT2D eigenvalue weighted by Crippen LogP contribution is -2.08. The van der Waals surface area contributed by atoms with Crippen molar-refractivity contribution in [3.8, 4) is 0 Å². The van der Waals surface area contributed by atoms with Crippen molar-refractivity contribution in [1.29, 1.82) is 0 Å². The first-order valence-electron chi connectivity index (χ1n) is 5.49. The standard InChI is InChI=1S/C12H12BrF2N3O/c1-18-12(16)7(5-17-18)10(19)4-6-9(14)3-2-8(13)11(6)15/h2-3,5,10,19H,4,16H2,1H3. The second-order valence-electron chi connectivity index (χ2n) is 4.15. The number of aliphatic hydroxyl groups is 1. The molecular weight excluding hydrogens is 320 g/mol. The van der Waals surface area contributed by atoms with Crippen molar-refractivity contribution < 1.29 is 13.9 Å². The minimum absolute atomic E-state index is 0.148. The van der Waals surface area contributed by atoms with Gasteiger partial charge in [-0.3, -0.25) is 4.68 Å². The van der Waals surface area contributed by atoms with Gasteiger partial charge >= 0.3 is 0 Å². The average Bonchev–Trinajstić information content (AvgIpc) is 2.70. The topological polar surface area (TPSA) is 64.1 Å². The first-order valence-corrected chi connectivity index (χ1v) is 6.29. The van der Waals surface area contributed by atoms with Crippen LogP contribution >= 0.6 is 15.9 Å². The van der Waals surface area contributed by atoms with E-state index in [-0.39, 0.29) is 22.3 Å². The third-order valence-electron chi connectivity index (χ3n) is 2.91. The molecule has 4 nitrogen and oxygen atoms in total. The van der Waals surface area contributed by atoms with E-state index < -0.39 is 17.7 Å². The fourth-order valence-corrected chi connectivity index (χ4v) is 2.15. The summed E-state index contributed by atoms with van der Waals surface area (Å²) in [6.07, 6.45) is 0.0489. The number of hydrogen-bond acceptors (Lipinski definition) is 3. The quantitative estimate of drug-likeness (QED) is 0.848. The van der Waals surface area contributed by atoms with Gasteiger partial charge in [0, 0.05) is 24.6 Å². The van der Waals surface area contributed by atoms with Crippen molar-refractivity contribution in [2.75, 3.05) is 5.73 Å². The number of nitrogens with zero attached hydrogens (tertiary/aromatic N) is 2. The van der Waals surface area contributed by atoms with E-state index in [1.54, 1.807) is 7.05 Å². The number of benzene rings is 1. The van der Waals surface area contributed by atoms with Crippen LogP contribution in [0.2, 0.25) is 0 Å². The van der Waals surface area contributed by atoms with Gasteiger partial charge in [0.05, 0.1) is 16.8 Å². The molecule has 0 radical (unpaired) electrons. The molecule has 2 rings (SSSR count). The van der Waals surface area contributed by atoms with E-state index in [1.807, 2.05) is 0 Å². The molecule has 1 aromatic carbocycles. The molecule has 0 aliphatic heterocycles. The van der Waals surface area contributed by atoms with Crippen molar-refractivity contribution in [2.24, 2.45) is 7.05 Å². The predicted octanol–water partition coefficient (Wildman–Crippen LogP) is 2.32. The summed E-state index contributed by atoms with van der Waals surface area (Å²) in [5, 5.41) is 13.9. The van der Waals surface area contributed by atoms with Gasteiger partial charge in [-0.2, -0.15) is 5.10 Å². The van der Waals surface area contributed by atoms with Crippen LogP contribution in [0.3, 0.4) is 0 Å². The Kier molecular flexibility index (Phi) is 3.86. The van der Waals surface area contributed by atoms with Crippen LogP contribution in [0.25, 0.3) is 0 Å². The van der Waals surface area contributed by atoms with Gasteiger partial charge in [0.15, 0.2) is 0 Å². The van der Waals surface area contributed by atoms with Gasteiger partial charge in [0.1, 0.15) is 17.5 Å². The average molecular weight is 332 g/mol. The van der Waals surface area contributed by atoms with Gasteiger partial charge in [-0.15, -0.1) is 0 Å². The Morgan fingerprint density at radius 1 is 1.47 bits per heavy atom. The van der Waals surface area contributed by atoms with Crippen molar-refractivity contribution in [1.82, 2.24) is 9.78 Å². The zero-order valence-corrected chi connectivity index (χ0v) is 11.7. The summed E-state index contributed by atoms with van der Waals surface area (Å²) in [6.45, 7) is 0. The number of aliphatic hydroxyl groups excluding tert-OH is 1. The van der Waals surface area contributed by atoms with Crippen LogP contribution in [0, 0.1) is 11.6 Å². The predicted molar refractivity (Wildman–Crippen MR) is 70.3 cm³/mol. The normalized spacial score (nSPS) is 12.7. The molecule has 0 saturated heterocycles. The summed E-state index contributed by atoms with van der Waals surface area (Å²) >= 11 is 2.98. The highest BCUT2D eigenvalue weighted by molar-refractivity contribution is 9.10. The molecule has 0 bridgehead atoms. The highest BCUT2D eigenvalue weighted by Crippen LogP contribution is 2.28. The van der Waals surface area contributed by atoms with Crippen molar-refractivity contribution in [2.45, 2.75) is 12.5 Å². The minimum Gasteiger partial charge on any atom is -0.388 e. The molecule has 19 heavy (non-hydrogen) atoms. The molecule has 0 amide bonds. The van der Waals surface area contributed by atoms with E-state index in [1.165, 1.54) is 16.9 Å². The van der Waals surface area contributed by atoms with E-state index in [0.717, 1.165) is 6.07 Å². The van der Waals surface area contributed by atoms with Crippen molar-refractivity contribution in [3.63, 3.8) is 0 Å². The van der Waals surface area contributed by atoms with E-state index in [2.05, 4.69) is 21.0 Å². The first-order chi connectivity index (χ1) is 8.91. The van der Waals surface area contributed by atoms with E-state index in [9.17, 15) is 13.9 Å². The number of hydrogen-bond donors (Lipinski definition) is 2. The Morgan fingerprint density at radius 2 is 2.16 bits per heavy atom. The largest absolute Gasteiger partial charge is 0.388 e. The summed E-state index contributed by atoms with van der Waals surface area (Å²) in [7, 11) is 1.62. The molecule has 102 valence electrons. The first kappa shape index (κ1) is 14.0. The third-order valence-corrected chi connectivity index (χ3v) is 3.52. The Balaban J connectivity index is 2.32. The minimum atomic E-state index is -1.12. The van der Waals surface area contributed by atoms with Gasteiger partial charge in [-0.25, -0.2) is 8.78 Å². The summed E-state index contributed by atoms with van der Waals surface area (Å²) in [5.74, 6) is -1.16. The molecule has 1 heterocycles. The monoisotopic (exact) mass is 331 g/mol. The zero-order chi connectivity index (χ0) is 14.2. The Morgan fingerprint density at radius 3 is 2.74 bits per heavy atom. The molecule has 3 N–H and O–H groups in total. The highest BCUT2D eigenvalue weighted by Gasteiger charge is 2.20. The summed E-state index contributed by atoms with van der Waals surface area (Å²) in [5.41, 5.74) is 5.87. The Bertz CT molecular complexity index is 615. The number of aryl methyl sites for hydroxylation is 1. The molecule has 1 atom stereocenters. The zero-order valence-electron chi connectivity index (χ0n) is 10.1. The van der Waals surface area contributed by atoms with E-state index in [0.29, 0.717) is 5.56 Å². The fraction of sp³-hybridized carbons (Fsp3) is 0.250. The molecule has 0 saturated carbocycles. The van der Waals surface area contributed by atoms with Crippen LogP contribution in [0.4, 0.5) is 14.6 Å². The molecule has 1 aromatic heterocycles. The van der Waals surface area contributed by atoms with Gasteiger partial charge in [0.25, 0.3) is 0 Å². The lowest BCUT2D eigenvalue weighted by Gasteiger charge is -2.12. The molecule has 0 aliphatic rings. The van der Waals surface area contributed by atoms with Gasteiger partial charge in [-0.1, -0.05) is 0 Å². The highest BCUT2D eigenvalue weighted by atomic mass is 79.9. The van der Waals surface area contributed by atoms with E-state index >= 15 is 0 Å². The second-order valence-corrected chi connectivity index (χ2v) is 5.00. The second kappa shape index (κ2) is 5.26. The number of nitrogens with two attached hydrogens (primary N) is 1. The van der Waals surface area contributed by atoms with Crippen LogP contribution in [0.1, 0.15) is 17.2 Å². The number of nitrogen functional groups attached to an aromatic ring is 1. The summed E-state index contributed by atoms with van der Waals surface area (Å²) < 4.78 is 28.9. The molecule has 1 unspecified atom stereocenters.